The Bertz CT molecular complexity index is 822. The number of aryl methyl sites for hydroxylation is 2. The minimum absolute atomic E-state index is 0.0430. The molecule has 0 saturated carbocycles. The number of benzene rings is 1. The fourth-order valence-corrected chi connectivity index (χ4v) is 3.63. The van der Waals surface area contributed by atoms with Crippen LogP contribution in [0.1, 0.15) is 29.8 Å². The summed E-state index contributed by atoms with van der Waals surface area (Å²) < 4.78 is 2.23. The minimum atomic E-state index is -0.177. The molecule has 6 nitrogen and oxygen atoms in total. The number of fused-ring (bicyclic) bond motifs is 1. The van der Waals surface area contributed by atoms with Crippen LogP contribution in [0.15, 0.2) is 36.5 Å². The lowest BCUT2D eigenvalue weighted by Gasteiger charge is -2.35. The largest absolute Gasteiger partial charge is 0.349 e. The van der Waals surface area contributed by atoms with Crippen LogP contribution in [0.5, 0.6) is 0 Å². The predicted octanol–water partition coefficient (Wildman–Crippen LogP) is 2.58. The first kappa shape index (κ1) is 19.2. The lowest BCUT2D eigenvalue weighted by Crippen LogP contribution is -2.45. The van der Waals surface area contributed by atoms with Crippen molar-refractivity contribution in [2.45, 2.75) is 33.4 Å². The fraction of sp³-hybridized carbons (Fsp3) is 0.429. The molecule has 1 N–H and O–H groups in total. The molecule has 0 bridgehead atoms. The first-order chi connectivity index (χ1) is 12.9. The van der Waals surface area contributed by atoms with Gasteiger partial charge >= 0.3 is 0 Å². The van der Waals surface area contributed by atoms with Gasteiger partial charge in [0.1, 0.15) is 0 Å². The molecule has 0 radical (unpaired) electrons. The van der Waals surface area contributed by atoms with Gasteiger partial charge in [-0.05, 0) is 44.0 Å². The summed E-state index contributed by atoms with van der Waals surface area (Å²) in [5.74, 6) is -0.220. The van der Waals surface area contributed by atoms with Crippen LogP contribution >= 0.6 is 0 Å². The predicted molar refractivity (Wildman–Crippen MR) is 107 cm³/mol. The van der Waals surface area contributed by atoms with Gasteiger partial charge in [-0.1, -0.05) is 18.2 Å². The Morgan fingerprint density at radius 1 is 1.15 bits per heavy atom. The Morgan fingerprint density at radius 3 is 2.56 bits per heavy atom. The summed E-state index contributed by atoms with van der Waals surface area (Å²) in [5, 5.41) is 2.94. The molecular formula is C21H28N4O2. The number of likely N-dealkylation sites (N-methyl/N-ethyl adjacent to an activating group) is 1. The number of nitrogens with zero attached hydrogens (tertiary/aromatic N) is 3. The third kappa shape index (κ3) is 4.22. The highest BCUT2D eigenvalue weighted by Crippen LogP contribution is 2.25. The van der Waals surface area contributed by atoms with Crippen LogP contribution in [0.3, 0.4) is 0 Å². The molecular weight excluding hydrogens is 340 g/mol. The number of aromatic nitrogens is 1. The molecule has 2 heterocycles. The smallest absolute Gasteiger partial charge is 0.243 e. The van der Waals surface area contributed by atoms with E-state index >= 15 is 0 Å². The zero-order valence-corrected chi connectivity index (χ0v) is 16.5. The number of carbonyl (C=O) groups is 2. The Balaban J connectivity index is 1.56. The maximum atomic E-state index is 12.6. The number of hydrogen-bond donors (Lipinski definition) is 1. The molecule has 3 rings (SSSR count). The van der Waals surface area contributed by atoms with Crippen LogP contribution in [-0.2, 0) is 16.1 Å². The second-order valence-corrected chi connectivity index (χ2v) is 7.34. The van der Waals surface area contributed by atoms with E-state index < -0.39 is 0 Å². The molecule has 0 unspecified atom stereocenters. The zero-order chi connectivity index (χ0) is 19.6. The van der Waals surface area contributed by atoms with E-state index in [0.717, 1.165) is 29.9 Å². The van der Waals surface area contributed by atoms with Crippen molar-refractivity contribution in [3.05, 3.63) is 53.3 Å². The average molecular weight is 368 g/mol. The molecule has 0 saturated heterocycles. The van der Waals surface area contributed by atoms with Gasteiger partial charge in [-0.25, -0.2) is 0 Å². The lowest BCUT2D eigenvalue weighted by molar-refractivity contribution is -0.135. The molecule has 1 aliphatic heterocycles. The summed E-state index contributed by atoms with van der Waals surface area (Å²) in [5.41, 5.74) is 4.09. The normalized spacial score (nSPS) is 16.7. The van der Waals surface area contributed by atoms with Crippen molar-refractivity contribution in [3.63, 3.8) is 0 Å². The number of hydrogen-bond acceptors (Lipinski definition) is 3. The van der Waals surface area contributed by atoms with Crippen molar-refractivity contribution in [3.8, 4) is 0 Å². The Kier molecular flexibility index (Phi) is 5.65. The monoisotopic (exact) mass is 368 g/mol. The van der Waals surface area contributed by atoms with Crippen LogP contribution < -0.4 is 5.32 Å². The number of para-hydroxylation sites is 1. The summed E-state index contributed by atoms with van der Waals surface area (Å²) in [6, 6.07) is 10.2. The summed E-state index contributed by atoms with van der Waals surface area (Å²) in [6.45, 7) is 8.13. The lowest BCUT2D eigenvalue weighted by atomic mass is 10.1. The Morgan fingerprint density at radius 2 is 1.85 bits per heavy atom. The third-order valence-corrected chi connectivity index (χ3v) is 5.36. The van der Waals surface area contributed by atoms with Crippen LogP contribution in [0, 0.1) is 13.8 Å². The summed E-state index contributed by atoms with van der Waals surface area (Å²) in [7, 11) is 1.68. The zero-order valence-electron chi connectivity index (χ0n) is 16.5. The fourth-order valence-electron chi connectivity index (χ4n) is 3.63. The van der Waals surface area contributed by atoms with Crippen LogP contribution in [-0.4, -0.2) is 52.9 Å². The van der Waals surface area contributed by atoms with E-state index in [4.69, 9.17) is 0 Å². The van der Waals surface area contributed by atoms with Gasteiger partial charge in [0, 0.05) is 43.8 Å². The van der Waals surface area contributed by atoms with Crippen LogP contribution in [0.25, 0.3) is 0 Å². The number of nitrogens with one attached hydrogen (secondary N) is 1. The SMILES string of the molecule is Cc1cccc(C)c1NC(=O)CN(C)C(=O)CN1CCn2cccc2[C@@H]1C. The van der Waals surface area contributed by atoms with Crippen molar-refractivity contribution in [2.24, 2.45) is 0 Å². The molecule has 0 spiro atoms. The van der Waals surface area contributed by atoms with Gasteiger partial charge in [0.15, 0.2) is 0 Å². The molecule has 1 aliphatic rings. The second kappa shape index (κ2) is 7.96. The second-order valence-electron chi connectivity index (χ2n) is 7.34. The first-order valence-electron chi connectivity index (χ1n) is 9.36. The number of anilines is 1. The van der Waals surface area contributed by atoms with Gasteiger partial charge in [0.05, 0.1) is 13.1 Å². The molecule has 1 atom stereocenters. The van der Waals surface area contributed by atoms with Crippen LogP contribution in [0.2, 0.25) is 0 Å². The molecule has 1 aromatic heterocycles. The van der Waals surface area contributed by atoms with E-state index in [-0.39, 0.29) is 24.4 Å². The average Bonchev–Trinajstić information content (AvgIpc) is 3.10. The summed E-state index contributed by atoms with van der Waals surface area (Å²) in [4.78, 5) is 28.7. The van der Waals surface area contributed by atoms with Gasteiger partial charge in [0.2, 0.25) is 11.8 Å². The topological polar surface area (TPSA) is 57.6 Å². The van der Waals surface area contributed by atoms with E-state index in [1.165, 1.54) is 10.6 Å². The number of amides is 2. The van der Waals surface area contributed by atoms with Gasteiger partial charge in [-0.15, -0.1) is 0 Å². The van der Waals surface area contributed by atoms with Crippen molar-refractivity contribution in [1.29, 1.82) is 0 Å². The maximum Gasteiger partial charge on any atom is 0.243 e. The Labute approximate surface area is 160 Å². The highest BCUT2D eigenvalue weighted by molar-refractivity contribution is 5.95. The third-order valence-electron chi connectivity index (χ3n) is 5.36. The van der Waals surface area contributed by atoms with Crippen molar-refractivity contribution < 1.29 is 9.59 Å². The van der Waals surface area contributed by atoms with E-state index in [1.54, 1.807) is 7.05 Å². The maximum absolute atomic E-state index is 12.6. The standard InChI is InChI=1S/C21H28N4O2/c1-15-7-5-8-16(2)21(15)22-19(26)13-23(4)20(27)14-25-12-11-24-10-6-9-18(24)17(25)3/h5-10,17H,11-14H2,1-4H3,(H,22,26)/t17-/m0/s1. The van der Waals surface area contributed by atoms with E-state index in [1.807, 2.05) is 38.1 Å². The first-order valence-corrected chi connectivity index (χ1v) is 9.36. The summed E-state index contributed by atoms with van der Waals surface area (Å²) in [6.07, 6.45) is 2.08. The Hall–Kier alpha value is -2.60. The van der Waals surface area contributed by atoms with Crippen LogP contribution in [0.4, 0.5) is 5.69 Å². The van der Waals surface area contributed by atoms with Gasteiger partial charge < -0.3 is 14.8 Å². The minimum Gasteiger partial charge on any atom is -0.349 e. The molecule has 2 aromatic rings. The highest BCUT2D eigenvalue weighted by atomic mass is 16.2. The van der Waals surface area contributed by atoms with E-state index in [9.17, 15) is 9.59 Å². The summed E-state index contributed by atoms with van der Waals surface area (Å²) >= 11 is 0. The molecule has 27 heavy (non-hydrogen) atoms. The van der Waals surface area contributed by atoms with E-state index in [2.05, 4.69) is 34.0 Å². The molecule has 2 amide bonds. The van der Waals surface area contributed by atoms with Crippen molar-refractivity contribution >= 4 is 17.5 Å². The van der Waals surface area contributed by atoms with Crippen molar-refractivity contribution in [2.75, 3.05) is 32.0 Å². The molecule has 6 heteroatoms. The van der Waals surface area contributed by atoms with Crippen molar-refractivity contribution in [1.82, 2.24) is 14.4 Å². The molecule has 144 valence electrons. The molecule has 0 fully saturated rings. The van der Waals surface area contributed by atoms with E-state index in [0.29, 0.717) is 6.54 Å². The van der Waals surface area contributed by atoms with Gasteiger partial charge in [-0.2, -0.15) is 0 Å². The molecule has 0 aliphatic carbocycles. The molecule has 1 aromatic carbocycles. The number of carbonyl (C=O) groups excluding carboxylic acids is 2. The quantitative estimate of drug-likeness (QED) is 0.883. The van der Waals surface area contributed by atoms with Gasteiger partial charge in [0.25, 0.3) is 0 Å². The number of rotatable bonds is 5. The van der Waals surface area contributed by atoms with Gasteiger partial charge in [-0.3, -0.25) is 14.5 Å². The highest BCUT2D eigenvalue weighted by Gasteiger charge is 2.26.